The van der Waals surface area contributed by atoms with Gasteiger partial charge in [0.05, 0.1) is 13.2 Å². The summed E-state index contributed by atoms with van der Waals surface area (Å²) in [5.74, 6) is 0.810. The molecule has 0 bridgehead atoms. The molecule has 0 aliphatic carbocycles. The Morgan fingerprint density at radius 3 is 2.67 bits per heavy atom. The van der Waals surface area contributed by atoms with Gasteiger partial charge in [0.1, 0.15) is 38.1 Å². The topological polar surface area (TPSA) is 43.1 Å². The van der Waals surface area contributed by atoms with E-state index in [1.54, 1.807) is 0 Å². The van der Waals surface area contributed by atoms with E-state index < -0.39 is 6.10 Å². The van der Waals surface area contributed by atoms with Crippen molar-refractivity contribution in [3.05, 3.63) is 42.5 Å². The fourth-order valence-electron chi connectivity index (χ4n) is 2.71. The van der Waals surface area contributed by atoms with Crippen molar-refractivity contribution in [2.75, 3.05) is 39.5 Å². The third kappa shape index (κ3) is 3.94. The van der Waals surface area contributed by atoms with E-state index >= 15 is 0 Å². The lowest BCUT2D eigenvalue weighted by atomic mass is 10.1. The molecule has 4 nitrogen and oxygen atoms in total. The van der Waals surface area contributed by atoms with E-state index in [1.807, 2.05) is 30.3 Å². The molecule has 0 aromatic heterocycles. The summed E-state index contributed by atoms with van der Waals surface area (Å²) >= 11 is 0. The predicted molar refractivity (Wildman–Crippen MR) is 81.8 cm³/mol. The number of hydrogen-bond donors (Lipinski definition) is 2. The summed E-state index contributed by atoms with van der Waals surface area (Å²) in [6.07, 6.45) is -0.440. The van der Waals surface area contributed by atoms with Gasteiger partial charge in [0.2, 0.25) is 0 Å². The molecular formula is C17H22NO3+. The van der Waals surface area contributed by atoms with Crippen LogP contribution in [0.5, 0.6) is 5.75 Å². The van der Waals surface area contributed by atoms with Gasteiger partial charge in [-0.25, -0.2) is 0 Å². The average molecular weight is 288 g/mol. The highest BCUT2D eigenvalue weighted by Crippen LogP contribution is 2.20. The first-order chi connectivity index (χ1) is 10.3. The summed E-state index contributed by atoms with van der Waals surface area (Å²) in [5, 5.41) is 12.4. The monoisotopic (exact) mass is 288 g/mol. The smallest absolute Gasteiger partial charge is 0.137 e. The van der Waals surface area contributed by atoms with Crippen LogP contribution in [0.15, 0.2) is 42.5 Å². The summed E-state index contributed by atoms with van der Waals surface area (Å²) in [7, 11) is 0. The molecule has 0 amide bonds. The standard InChI is InChI=1S/C17H21NO3/c19-16(12-18-7-9-20-10-8-18)13-21-17-6-5-14-3-1-2-4-15(14)11-17/h1-6,11,16,19H,7-10,12-13H2/p+1/t16-/m1/s1. The maximum atomic E-state index is 10.1. The van der Waals surface area contributed by atoms with Gasteiger partial charge in [0.25, 0.3) is 0 Å². The van der Waals surface area contributed by atoms with Gasteiger partial charge >= 0.3 is 0 Å². The molecule has 0 spiro atoms. The molecular weight excluding hydrogens is 266 g/mol. The number of quaternary nitrogens is 1. The van der Waals surface area contributed by atoms with Crippen LogP contribution in [-0.2, 0) is 4.74 Å². The zero-order valence-corrected chi connectivity index (χ0v) is 12.1. The van der Waals surface area contributed by atoms with Gasteiger partial charge in [0.15, 0.2) is 0 Å². The van der Waals surface area contributed by atoms with Crippen molar-refractivity contribution in [2.24, 2.45) is 0 Å². The molecule has 0 radical (unpaired) electrons. The summed E-state index contributed by atoms with van der Waals surface area (Å²) < 4.78 is 11.0. The lowest BCUT2D eigenvalue weighted by Gasteiger charge is -2.25. The molecule has 2 N–H and O–H groups in total. The SMILES string of the molecule is O[C@@H](COc1ccc2ccccc2c1)C[NH+]1CCOCC1. The molecule has 3 rings (SSSR count). The van der Waals surface area contributed by atoms with Crippen LogP contribution in [-0.4, -0.2) is 50.7 Å². The summed E-state index contributed by atoms with van der Waals surface area (Å²) in [4.78, 5) is 1.39. The van der Waals surface area contributed by atoms with Crippen LogP contribution >= 0.6 is 0 Å². The third-order valence-corrected chi connectivity index (χ3v) is 3.89. The molecule has 0 unspecified atom stereocenters. The predicted octanol–water partition coefficient (Wildman–Crippen LogP) is 0.495. The Bertz CT molecular complexity index is 581. The van der Waals surface area contributed by atoms with Crippen LogP contribution in [0.2, 0.25) is 0 Å². The van der Waals surface area contributed by atoms with Crippen molar-refractivity contribution >= 4 is 10.8 Å². The van der Waals surface area contributed by atoms with Crippen LogP contribution < -0.4 is 9.64 Å². The van der Waals surface area contributed by atoms with Crippen molar-refractivity contribution in [1.82, 2.24) is 0 Å². The number of ether oxygens (including phenoxy) is 2. The van der Waals surface area contributed by atoms with Crippen LogP contribution in [0.3, 0.4) is 0 Å². The van der Waals surface area contributed by atoms with Crippen molar-refractivity contribution in [3.8, 4) is 5.75 Å². The van der Waals surface area contributed by atoms with Crippen molar-refractivity contribution in [2.45, 2.75) is 6.10 Å². The number of aliphatic hydroxyl groups excluding tert-OH is 1. The van der Waals surface area contributed by atoms with E-state index in [2.05, 4.69) is 12.1 Å². The zero-order chi connectivity index (χ0) is 14.5. The van der Waals surface area contributed by atoms with Gasteiger partial charge in [0, 0.05) is 0 Å². The van der Waals surface area contributed by atoms with Crippen LogP contribution in [0.25, 0.3) is 10.8 Å². The molecule has 1 aliphatic heterocycles. The first kappa shape index (κ1) is 14.3. The second-order valence-corrected chi connectivity index (χ2v) is 5.54. The number of morpholine rings is 1. The lowest BCUT2D eigenvalue weighted by molar-refractivity contribution is -0.911. The van der Waals surface area contributed by atoms with E-state index in [9.17, 15) is 5.11 Å². The summed E-state index contributed by atoms with van der Waals surface area (Å²) in [5.41, 5.74) is 0. The van der Waals surface area contributed by atoms with Crippen molar-refractivity contribution in [1.29, 1.82) is 0 Å². The number of hydrogen-bond acceptors (Lipinski definition) is 3. The van der Waals surface area contributed by atoms with E-state index in [0.717, 1.165) is 44.0 Å². The minimum Gasteiger partial charge on any atom is -0.491 e. The van der Waals surface area contributed by atoms with Crippen LogP contribution in [0.4, 0.5) is 0 Å². The summed E-state index contributed by atoms with van der Waals surface area (Å²) in [6.45, 7) is 4.56. The van der Waals surface area contributed by atoms with Crippen LogP contribution in [0, 0.1) is 0 Å². The highest BCUT2D eigenvalue weighted by atomic mass is 16.5. The van der Waals surface area contributed by atoms with Gasteiger partial charge in [-0.1, -0.05) is 30.3 Å². The molecule has 1 aliphatic rings. The Morgan fingerprint density at radius 2 is 1.86 bits per heavy atom. The maximum Gasteiger partial charge on any atom is 0.137 e. The van der Waals surface area contributed by atoms with Crippen molar-refractivity contribution < 1.29 is 19.5 Å². The molecule has 21 heavy (non-hydrogen) atoms. The Labute approximate surface area is 124 Å². The van der Waals surface area contributed by atoms with Gasteiger partial charge in [-0.2, -0.15) is 0 Å². The Morgan fingerprint density at radius 1 is 1.10 bits per heavy atom. The largest absolute Gasteiger partial charge is 0.491 e. The van der Waals surface area contributed by atoms with Gasteiger partial charge < -0.3 is 19.5 Å². The quantitative estimate of drug-likeness (QED) is 0.842. The Balaban J connectivity index is 1.53. The highest BCUT2D eigenvalue weighted by Gasteiger charge is 2.18. The normalized spacial score (nSPS) is 17.8. The number of nitrogens with one attached hydrogen (secondary N) is 1. The maximum absolute atomic E-state index is 10.1. The van der Waals surface area contributed by atoms with Crippen LogP contribution in [0.1, 0.15) is 0 Å². The minimum absolute atomic E-state index is 0.336. The molecule has 1 fully saturated rings. The minimum atomic E-state index is -0.440. The Hall–Kier alpha value is -1.62. The van der Waals surface area contributed by atoms with E-state index in [-0.39, 0.29) is 0 Å². The Kier molecular flexibility index (Phi) is 4.70. The van der Waals surface area contributed by atoms with E-state index in [4.69, 9.17) is 9.47 Å². The molecule has 0 saturated carbocycles. The average Bonchev–Trinajstić information content (AvgIpc) is 2.54. The molecule has 1 heterocycles. The zero-order valence-electron chi connectivity index (χ0n) is 12.1. The van der Waals surface area contributed by atoms with Gasteiger partial charge in [-0.05, 0) is 22.9 Å². The molecule has 2 aromatic carbocycles. The summed E-state index contributed by atoms with van der Waals surface area (Å²) in [6, 6.07) is 14.2. The molecule has 2 aromatic rings. The van der Waals surface area contributed by atoms with Crippen molar-refractivity contribution in [3.63, 3.8) is 0 Å². The van der Waals surface area contributed by atoms with E-state index in [0.29, 0.717) is 6.61 Å². The first-order valence-electron chi connectivity index (χ1n) is 7.52. The number of aliphatic hydroxyl groups is 1. The fraction of sp³-hybridized carbons (Fsp3) is 0.412. The molecule has 1 atom stereocenters. The first-order valence-corrected chi connectivity index (χ1v) is 7.52. The molecule has 4 heteroatoms. The van der Waals surface area contributed by atoms with Gasteiger partial charge in [-0.15, -0.1) is 0 Å². The number of benzene rings is 2. The lowest BCUT2D eigenvalue weighted by Crippen LogP contribution is -3.15. The van der Waals surface area contributed by atoms with Gasteiger partial charge in [-0.3, -0.25) is 0 Å². The number of fused-ring (bicyclic) bond motifs is 1. The third-order valence-electron chi connectivity index (χ3n) is 3.89. The second kappa shape index (κ2) is 6.89. The number of rotatable bonds is 5. The highest BCUT2D eigenvalue weighted by molar-refractivity contribution is 5.83. The van der Waals surface area contributed by atoms with E-state index in [1.165, 1.54) is 10.3 Å². The molecule has 112 valence electrons. The fourth-order valence-corrected chi connectivity index (χ4v) is 2.71. The molecule has 1 saturated heterocycles. The second-order valence-electron chi connectivity index (χ2n) is 5.54.